The lowest BCUT2D eigenvalue weighted by Crippen LogP contribution is -2.48. The van der Waals surface area contributed by atoms with E-state index in [0.717, 1.165) is 28.8 Å². The largest absolute Gasteiger partial charge is 0.573 e. The molecule has 0 bridgehead atoms. The number of aliphatic hydroxyl groups is 3. The molecule has 5 atom stereocenters. The number of alkyl halides is 3. The summed E-state index contributed by atoms with van der Waals surface area (Å²) in [7, 11) is 0. The summed E-state index contributed by atoms with van der Waals surface area (Å²) in [5, 5.41) is 38.9. The fourth-order valence-corrected chi connectivity index (χ4v) is 6.84. The van der Waals surface area contributed by atoms with E-state index in [-0.39, 0.29) is 18.3 Å². The summed E-state index contributed by atoms with van der Waals surface area (Å²) in [6.07, 6.45) is -1.67. The number of aliphatic hydroxyl groups excluding tert-OH is 2. The Bertz CT molecular complexity index is 1660. The van der Waals surface area contributed by atoms with Crippen molar-refractivity contribution in [3.63, 3.8) is 0 Å². The van der Waals surface area contributed by atoms with Crippen molar-refractivity contribution in [3.8, 4) is 16.3 Å². The van der Waals surface area contributed by atoms with E-state index in [9.17, 15) is 28.5 Å². The molecule has 5 N–H and O–H groups in total. The molecule has 0 saturated heterocycles. The van der Waals surface area contributed by atoms with E-state index in [1.807, 2.05) is 19.9 Å². The number of anilines is 2. The topological polar surface area (TPSA) is 146 Å². The van der Waals surface area contributed by atoms with E-state index in [2.05, 4.69) is 20.4 Å². The Labute approximate surface area is 255 Å². The van der Waals surface area contributed by atoms with Crippen molar-refractivity contribution in [1.29, 1.82) is 0 Å². The molecule has 2 aliphatic carbocycles. The second-order valence-corrected chi connectivity index (χ2v) is 12.8. The number of benzene rings is 1. The highest BCUT2D eigenvalue weighted by molar-refractivity contribution is 7.21. The van der Waals surface area contributed by atoms with Crippen LogP contribution in [0.25, 0.3) is 20.8 Å². The molecule has 1 aromatic carbocycles. The van der Waals surface area contributed by atoms with Gasteiger partial charge in [0.1, 0.15) is 27.7 Å². The van der Waals surface area contributed by atoms with E-state index in [4.69, 9.17) is 15.0 Å². The number of nitrogens with one attached hydrogen (secondary N) is 2. The fraction of sp³-hybridized carbons (Fsp3) is 0.467. The number of hydrogen-bond acceptors (Lipinski definition) is 11. The number of halogens is 3. The Balaban J connectivity index is 1.35. The van der Waals surface area contributed by atoms with Crippen molar-refractivity contribution in [2.75, 3.05) is 17.2 Å². The summed E-state index contributed by atoms with van der Waals surface area (Å²) in [4.78, 5) is 19.0. The SMILES string of the molecule is Cc1nc(NC(C)c2ccc(OC(F)(F)F)cc2)nc(NC2CC(CO)C(O)C2(C)O)c1-c1nc2c(C3CC3)nccc2s1. The van der Waals surface area contributed by atoms with Gasteiger partial charge in [-0.1, -0.05) is 12.1 Å². The molecule has 14 heteroatoms. The van der Waals surface area contributed by atoms with Crippen molar-refractivity contribution < 1.29 is 33.2 Å². The van der Waals surface area contributed by atoms with Crippen LogP contribution in [-0.4, -0.2) is 66.0 Å². The van der Waals surface area contributed by atoms with Crippen LogP contribution in [0.15, 0.2) is 36.5 Å². The molecular weight excluding hydrogens is 597 g/mol. The van der Waals surface area contributed by atoms with Gasteiger partial charge in [0.05, 0.1) is 39.8 Å². The third kappa shape index (κ3) is 6.03. The second-order valence-electron chi connectivity index (χ2n) is 11.7. The van der Waals surface area contributed by atoms with E-state index >= 15 is 0 Å². The Hall–Kier alpha value is -3.59. The zero-order valence-electron chi connectivity index (χ0n) is 24.3. The van der Waals surface area contributed by atoms with Gasteiger partial charge in [-0.3, -0.25) is 4.98 Å². The van der Waals surface area contributed by atoms with E-state index < -0.39 is 36.1 Å². The lowest BCUT2D eigenvalue weighted by Gasteiger charge is -2.30. The molecule has 3 heterocycles. The molecule has 234 valence electrons. The van der Waals surface area contributed by atoms with E-state index in [0.29, 0.717) is 40.0 Å². The molecule has 10 nitrogen and oxygen atoms in total. The first kappa shape index (κ1) is 30.4. The van der Waals surface area contributed by atoms with Gasteiger partial charge in [0.15, 0.2) is 0 Å². The maximum atomic E-state index is 12.6. The third-order valence-electron chi connectivity index (χ3n) is 8.40. The van der Waals surface area contributed by atoms with Gasteiger partial charge in [0, 0.05) is 24.6 Å². The zero-order chi connectivity index (χ0) is 31.4. The average molecular weight is 631 g/mol. The molecule has 0 radical (unpaired) electrons. The van der Waals surface area contributed by atoms with Gasteiger partial charge in [-0.25, -0.2) is 9.97 Å². The van der Waals surface area contributed by atoms with Crippen molar-refractivity contribution >= 4 is 33.3 Å². The van der Waals surface area contributed by atoms with E-state index in [1.165, 1.54) is 42.5 Å². The first-order valence-electron chi connectivity index (χ1n) is 14.4. The van der Waals surface area contributed by atoms with Gasteiger partial charge < -0.3 is 30.7 Å². The number of thiazole rings is 1. The number of aryl methyl sites for hydroxylation is 1. The highest BCUT2D eigenvalue weighted by Gasteiger charge is 2.50. The van der Waals surface area contributed by atoms with Crippen LogP contribution in [-0.2, 0) is 0 Å². The van der Waals surface area contributed by atoms with Gasteiger partial charge >= 0.3 is 6.36 Å². The predicted octanol–water partition coefficient (Wildman–Crippen LogP) is 5.31. The fourth-order valence-electron chi connectivity index (χ4n) is 5.77. The smallest absolute Gasteiger partial charge is 0.406 e. The third-order valence-corrected chi connectivity index (χ3v) is 9.44. The van der Waals surface area contributed by atoms with Crippen LogP contribution in [0.4, 0.5) is 24.9 Å². The summed E-state index contributed by atoms with van der Waals surface area (Å²) >= 11 is 1.49. The first-order valence-corrected chi connectivity index (χ1v) is 15.2. The van der Waals surface area contributed by atoms with Crippen molar-refractivity contribution in [3.05, 3.63) is 53.5 Å². The summed E-state index contributed by atoms with van der Waals surface area (Å²) < 4.78 is 42.7. The molecule has 6 rings (SSSR count). The summed E-state index contributed by atoms with van der Waals surface area (Å²) in [6.45, 7) is 4.89. The number of nitrogens with zero attached hydrogens (tertiary/aromatic N) is 4. The van der Waals surface area contributed by atoms with Gasteiger partial charge in [-0.2, -0.15) is 4.98 Å². The monoisotopic (exact) mass is 630 g/mol. The maximum absolute atomic E-state index is 12.6. The van der Waals surface area contributed by atoms with Crippen molar-refractivity contribution in [2.24, 2.45) is 5.92 Å². The highest BCUT2D eigenvalue weighted by Crippen LogP contribution is 2.45. The molecule has 0 aliphatic heterocycles. The second kappa shape index (κ2) is 11.4. The standard InChI is InChI=1S/C30H33F3N6O4S/c1-14(16-6-8-19(9-7-16)43-30(31,32)33)35-28-36-15(2)22(26(39-28)37-21-12-18(13-40)25(41)29(21,3)42)27-38-24-20(44-27)10-11-34-23(24)17-4-5-17/h6-11,14,17-18,21,25,40-42H,4-5,12-13H2,1-3H3,(H2,35,36,37,39). The molecule has 3 aromatic heterocycles. The Morgan fingerprint density at radius 2 is 1.86 bits per heavy atom. The van der Waals surface area contributed by atoms with Crippen molar-refractivity contribution in [1.82, 2.24) is 19.9 Å². The van der Waals surface area contributed by atoms with Gasteiger partial charge in [0.2, 0.25) is 5.95 Å². The molecule has 4 aromatic rings. The number of hydrogen-bond donors (Lipinski definition) is 5. The Kier molecular flexibility index (Phi) is 7.89. The van der Waals surface area contributed by atoms with Crippen LogP contribution >= 0.6 is 11.3 Å². The molecule has 0 amide bonds. The molecule has 2 saturated carbocycles. The van der Waals surface area contributed by atoms with Crippen molar-refractivity contribution in [2.45, 2.75) is 76.1 Å². The Morgan fingerprint density at radius 3 is 2.50 bits per heavy atom. The van der Waals surface area contributed by atoms with E-state index in [1.54, 1.807) is 6.20 Å². The normalized spacial score (nSPS) is 24.4. The molecule has 44 heavy (non-hydrogen) atoms. The average Bonchev–Trinajstić information content (AvgIpc) is 3.67. The van der Waals surface area contributed by atoms with Gasteiger partial charge in [0.25, 0.3) is 0 Å². The Morgan fingerprint density at radius 1 is 1.14 bits per heavy atom. The van der Waals surface area contributed by atoms with Crippen LogP contribution in [0.1, 0.15) is 62.0 Å². The summed E-state index contributed by atoms with van der Waals surface area (Å²) in [5.41, 5.74) is 2.18. The van der Waals surface area contributed by atoms with Crippen LogP contribution in [0.3, 0.4) is 0 Å². The number of ether oxygens (including phenoxy) is 1. The predicted molar refractivity (Wildman–Crippen MR) is 160 cm³/mol. The quantitative estimate of drug-likeness (QED) is 0.165. The number of fused-ring (bicyclic) bond motifs is 1. The number of rotatable bonds is 9. The molecule has 2 fully saturated rings. The molecule has 0 spiro atoms. The highest BCUT2D eigenvalue weighted by atomic mass is 32.1. The molecule has 5 unspecified atom stereocenters. The lowest BCUT2D eigenvalue weighted by atomic mass is 9.96. The summed E-state index contributed by atoms with van der Waals surface area (Å²) in [6, 6.07) is 6.43. The molecule has 2 aliphatic rings. The van der Waals surface area contributed by atoms with Crippen LogP contribution < -0.4 is 15.4 Å². The minimum Gasteiger partial charge on any atom is -0.406 e. The number of pyridine rings is 1. The maximum Gasteiger partial charge on any atom is 0.573 e. The zero-order valence-corrected chi connectivity index (χ0v) is 25.1. The van der Waals surface area contributed by atoms with Gasteiger partial charge in [-0.05, 0) is 63.8 Å². The van der Waals surface area contributed by atoms with Crippen LogP contribution in [0.2, 0.25) is 0 Å². The van der Waals surface area contributed by atoms with Crippen LogP contribution in [0.5, 0.6) is 5.75 Å². The minimum atomic E-state index is -4.78. The first-order chi connectivity index (χ1) is 20.8. The minimum absolute atomic E-state index is 0.246. The van der Waals surface area contributed by atoms with Crippen LogP contribution in [0, 0.1) is 12.8 Å². The lowest BCUT2D eigenvalue weighted by molar-refractivity contribution is -0.274. The van der Waals surface area contributed by atoms with Gasteiger partial charge in [-0.15, -0.1) is 24.5 Å². The summed E-state index contributed by atoms with van der Waals surface area (Å²) in [5.74, 6) is 0.188. The number of aromatic nitrogens is 4. The molecular formula is C30H33F3N6O4S.